The van der Waals surface area contributed by atoms with Crippen LogP contribution >= 0.6 is 0 Å². The molecule has 2 unspecified atom stereocenters. The van der Waals surface area contributed by atoms with Crippen LogP contribution in [0, 0.1) is 11.8 Å². The van der Waals surface area contributed by atoms with Gasteiger partial charge in [-0.3, -0.25) is 0 Å². The van der Waals surface area contributed by atoms with Crippen molar-refractivity contribution in [3.05, 3.63) is 29.8 Å². The highest BCUT2D eigenvalue weighted by molar-refractivity contribution is 5.43. The van der Waals surface area contributed by atoms with E-state index in [9.17, 15) is 0 Å². The first kappa shape index (κ1) is 11.8. The Hall–Kier alpha value is -1.02. The number of nitrogens with zero attached hydrogens (tertiary/aromatic N) is 1. The number of hydrogen-bond acceptors (Lipinski definition) is 2. The van der Waals surface area contributed by atoms with E-state index in [-0.39, 0.29) is 0 Å². The van der Waals surface area contributed by atoms with Crippen molar-refractivity contribution >= 4 is 5.69 Å². The van der Waals surface area contributed by atoms with Gasteiger partial charge in [0.2, 0.25) is 0 Å². The minimum Gasteiger partial charge on any atom is -0.399 e. The molecule has 2 heteroatoms. The Bertz CT molecular complexity index is 449. The summed E-state index contributed by atoms with van der Waals surface area (Å²) < 4.78 is 0. The summed E-state index contributed by atoms with van der Waals surface area (Å²) in [6, 6.07) is 8.63. The van der Waals surface area contributed by atoms with E-state index in [1.54, 1.807) is 0 Å². The topological polar surface area (TPSA) is 29.3 Å². The summed E-state index contributed by atoms with van der Waals surface area (Å²) in [6.45, 7) is 4.01. The van der Waals surface area contributed by atoms with Crippen LogP contribution in [0.4, 0.5) is 5.69 Å². The quantitative estimate of drug-likeness (QED) is 0.842. The molecule has 4 rings (SSSR count). The molecule has 2 saturated carbocycles. The van der Waals surface area contributed by atoms with E-state index in [4.69, 9.17) is 5.73 Å². The van der Waals surface area contributed by atoms with Crippen molar-refractivity contribution < 1.29 is 0 Å². The van der Waals surface area contributed by atoms with Gasteiger partial charge in [0.25, 0.3) is 0 Å². The minimum atomic E-state index is 0.465. The molecule has 1 aromatic rings. The number of hydrogen-bond donors (Lipinski definition) is 1. The SMILES string of the molecule is Nc1ccc(C2(CN3CC4CCCC4C3)CC2)cc1. The summed E-state index contributed by atoms with van der Waals surface area (Å²) in [5, 5.41) is 0. The fraction of sp³-hybridized carbons (Fsp3) is 0.647. The first-order chi connectivity index (χ1) is 9.25. The first-order valence-corrected chi connectivity index (χ1v) is 7.84. The second-order valence-electron chi connectivity index (χ2n) is 7.05. The smallest absolute Gasteiger partial charge is 0.0314 e. The highest BCUT2D eigenvalue weighted by Crippen LogP contribution is 2.50. The molecule has 102 valence electrons. The van der Waals surface area contributed by atoms with E-state index in [1.807, 2.05) is 0 Å². The Morgan fingerprint density at radius 3 is 2.26 bits per heavy atom. The second kappa shape index (κ2) is 4.24. The molecule has 0 bridgehead atoms. The molecule has 2 aliphatic carbocycles. The standard InChI is InChI=1S/C17H24N2/c18-16-6-4-15(5-7-16)17(8-9-17)12-19-10-13-2-1-3-14(13)11-19/h4-7,13-14H,1-3,8-12,18H2. The Kier molecular flexibility index (Phi) is 2.63. The molecule has 0 aromatic heterocycles. The average Bonchev–Trinajstić information content (AvgIpc) is 2.87. The lowest BCUT2D eigenvalue weighted by Gasteiger charge is -2.24. The predicted molar refractivity (Wildman–Crippen MR) is 79.0 cm³/mol. The minimum absolute atomic E-state index is 0.465. The van der Waals surface area contributed by atoms with Crippen LogP contribution in [0.15, 0.2) is 24.3 Å². The van der Waals surface area contributed by atoms with E-state index in [2.05, 4.69) is 29.2 Å². The lowest BCUT2D eigenvalue weighted by atomic mass is 9.95. The van der Waals surface area contributed by atoms with Gasteiger partial charge in [0.05, 0.1) is 0 Å². The Morgan fingerprint density at radius 1 is 1.05 bits per heavy atom. The van der Waals surface area contributed by atoms with Gasteiger partial charge in [0.15, 0.2) is 0 Å². The molecule has 19 heavy (non-hydrogen) atoms. The predicted octanol–water partition coefficient (Wildman–Crippen LogP) is 3.03. The highest BCUT2D eigenvalue weighted by atomic mass is 15.2. The van der Waals surface area contributed by atoms with Gasteiger partial charge in [0.1, 0.15) is 0 Å². The van der Waals surface area contributed by atoms with Gasteiger partial charge >= 0.3 is 0 Å². The van der Waals surface area contributed by atoms with Crippen molar-refractivity contribution in [1.82, 2.24) is 4.90 Å². The molecule has 1 saturated heterocycles. The lowest BCUT2D eigenvalue weighted by Crippen LogP contribution is -2.31. The van der Waals surface area contributed by atoms with Crippen LogP contribution < -0.4 is 5.73 Å². The number of anilines is 1. The zero-order chi connectivity index (χ0) is 12.9. The molecule has 2 nitrogen and oxygen atoms in total. The number of fused-ring (bicyclic) bond motifs is 1. The van der Waals surface area contributed by atoms with Gasteiger partial charge in [-0.2, -0.15) is 0 Å². The van der Waals surface area contributed by atoms with Crippen molar-refractivity contribution in [3.8, 4) is 0 Å². The molecule has 1 aromatic carbocycles. The maximum atomic E-state index is 5.81. The zero-order valence-corrected chi connectivity index (χ0v) is 11.6. The van der Waals surface area contributed by atoms with Gasteiger partial charge < -0.3 is 10.6 Å². The van der Waals surface area contributed by atoms with Gasteiger partial charge in [-0.25, -0.2) is 0 Å². The largest absolute Gasteiger partial charge is 0.399 e. The van der Waals surface area contributed by atoms with Crippen LogP contribution in [0.2, 0.25) is 0 Å². The van der Waals surface area contributed by atoms with Crippen LogP contribution in [0.25, 0.3) is 0 Å². The van der Waals surface area contributed by atoms with E-state index >= 15 is 0 Å². The zero-order valence-electron chi connectivity index (χ0n) is 11.6. The summed E-state index contributed by atoms with van der Waals surface area (Å²) in [5.74, 6) is 2.03. The van der Waals surface area contributed by atoms with Crippen LogP contribution in [0.3, 0.4) is 0 Å². The number of likely N-dealkylation sites (tertiary alicyclic amines) is 1. The van der Waals surface area contributed by atoms with Crippen LogP contribution in [0.5, 0.6) is 0 Å². The molecule has 0 spiro atoms. The normalized spacial score (nSPS) is 32.4. The van der Waals surface area contributed by atoms with Crippen LogP contribution in [-0.2, 0) is 5.41 Å². The van der Waals surface area contributed by atoms with Crippen molar-refractivity contribution in [1.29, 1.82) is 0 Å². The molecular formula is C17H24N2. The van der Waals surface area contributed by atoms with Gasteiger partial charge in [0, 0.05) is 30.7 Å². The Morgan fingerprint density at radius 2 is 1.68 bits per heavy atom. The number of benzene rings is 1. The third-order valence-corrected chi connectivity index (χ3v) is 5.70. The molecule has 2 atom stereocenters. The Balaban J connectivity index is 1.46. The van der Waals surface area contributed by atoms with Crippen LogP contribution in [-0.4, -0.2) is 24.5 Å². The van der Waals surface area contributed by atoms with Crippen molar-refractivity contribution in [2.24, 2.45) is 11.8 Å². The molecule has 2 N–H and O–H groups in total. The molecule has 1 aliphatic heterocycles. The maximum Gasteiger partial charge on any atom is 0.0314 e. The molecule has 0 amide bonds. The van der Waals surface area contributed by atoms with E-state index < -0.39 is 0 Å². The van der Waals surface area contributed by atoms with E-state index in [1.165, 1.54) is 57.3 Å². The first-order valence-electron chi connectivity index (χ1n) is 7.84. The molecule has 3 fully saturated rings. The van der Waals surface area contributed by atoms with Gasteiger partial charge in [-0.05, 0) is 55.2 Å². The van der Waals surface area contributed by atoms with Gasteiger partial charge in [-0.1, -0.05) is 18.6 Å². The third kappa shape index (κ3) is 2.06. The summed E-state index contributed by atoms with van der Waals surface area (Å²) in [7, 11) is 0. The van der Waals surface area contributed by atoms with Crippen molar-refractivity contribution in [2.45, 2.75) is 37.5 Å². The second-order valence-corrected chi connectivity index (χ2v) is 7.05. The highest BCUT2D eigenvalue weighted by Gasteiger charge is 2.47. The fourth-order valence-electron chi connectivity index (χ4n) is 4.41. The molecule has 3 aliphatic rings. The summed E-state index contributed by atoms with van der Waals surface area (Å²) >= 11 is 0. The van der Waals surface area contributed by atoms with E-state index in [0.717, 1.165) is 17.5 Å². The number of nitrogen functional groups attached to an aromatic ring is 1. The fourth-order valence-corrected chi connectivity index (χ4v) is 4.41. The van der Waals surface area contributed by atoms with Gasteiger partial charge in [-0.15, -0.1) is 0 Å². The number of rotatable bonds is 3. The monoisotopic (exact) mass is 256 g/mol. The summed E-state index contributed by atoms with van der Waals surface area (Å²) in [6.07, 6.45) is 7.17. The number of nitrogens with two attached hydrogens (primary N) is 1. The van der Waals surface area contributed by atoms with E-state index in [0.29, 0.717) is 5.41 Å². The molecule has 0 radical (unpaired) electrons. The average molecular weight is 256 g/mol. The lowest BCUT2D eigenvalue weighted by molar-refractivity contribution is 0.282. The summed E-state index contributed by atoms with van der Waals surface area (Å²) in [5.41, 5.74) is 8.67. The Labute approximate surface area is 116 Å². The molecule has 1 heterocycles. The third-order valence-electron chi connectivity index (χ3n) is 5.70. The molecular weight excluding hydrogens is 232 g/mol. The maximum absolute atomic E-state index is 5.81. The van der Waals surface area contributed by atoms with Crippen molar-refractivity contribution in [3.63, 3.8) is 0 Å². The summed E-state index contributed by atoms with van der Waals surface area (Å²) in [4.78, 5) is 2.75. The van der Waals surface area contributed by atoms with Crippen LogP contribution in [0.1, 0.15) is 37.7 Å². The van der Waals surface area contributed by atoms with Crippen molar-refractivity contribution in [2.75, 3.05) is 25.4 Å².